The number of carbonyl (C=O) groups excluding carboxylic acids is 3. The van der Waals surface area contributed by atoms with Crippen LogP contribution in [0.1, 0.15) is 45.2 Å². The van der Waals surface area contributed by atoms with Crippen molar-refractivity contribution in [2.75, 3.05) is 19.7 Å². The van der Waals surface area contributed by atoms with Gasteiger partial charge in [0, 0.05) is 19.7 Å². The molecule has 1 fully saturated rings. The SMILES string of the molecule is Cc1ccc(CN(C(=O)CNC(=O)c2cccs2)[C@@H](C(=O)NC[C@H]2CCCO2)c2ccccc2)cc1. The standard InChI is InChI=1S/C28H31N3O4S/c1-20-11-13-21(14-12-20)19-31(25(32)18-30-27(33)24-10-6-16-36-24)26(22-7-3-2-4-8-22)28(34)29-17-23-9-5-15-35-23/h2-4,6-8,10-14,16,23,26H,5,9,15,17-19H2,1H3,(H,29,34)(H,30,33)/t23-,26-/m1/s1. The van der Waals surface area contributed by atoms with Gasteiger partial charge >= 0.3 is 0 Å². The third kappa shape index (κ3) is 6.80. The van der Waals surface area contributed by atoms with E-state index in [1.807, 2.05) is 66.9 Å². The van der Waals surface area contributed by atoms with Crippen molar-refractivity contribution in [1.82, 2.24) is 15.5 Å². The van der Waals surface area contributed by atoms with Gasteiger partial charge in [-0.15, -0.1) is 11.3 Å². The summed E-state index contributed by atoms with van der Waals surface area (Å²) in [5.41, 5.74) is 2.70. The van der Waals surface area contributed by atoms with Crippen LogP contribution in [-0.2, 0) is 20.9 Å². The summed E-state index contributed by atoms with van der Waals surface area (Å²) in [6.45, 7) is 3.10. The zero-order valence-electron chi connectivity index (χ0n) is 20.3. The molecule has 0 spiro atoms. The van der Waals surface area contributed by atoms with Crippen LogP contribution < -0.4 is 10.6 Å². The van der Waals surface area contributed by atoms with Crippen molar-refractivity contribution >= 4 is 29.1 Å². The molecule has 1 aliphatic rings. The van der Waals surface area contributed by atoms with Gasteiger partial charge in [0.25, 0.3) is 5.91 Å². The molecule has 0 unspecified atom stereocenters. The first-order valence-electron chi connectivity index (χ1n) is 12.1. The van der Waals surface area contributed by atoms with Crippen molar-refractivity contribution in [3.63, 3.8) is 0 Å². The van der Waals surface area contributed by atoms with Gasteiger partial charge < -0.3 is 20.3 Å². The van der Waals surface area contributed by atoms with E-state index in [-0.39, 0.29) is 36.9 Å². The van der Waals surface area contributed by atoms with E-state index in [0.29, 0.717) is 23.6 Å². The van der Waals surface area contributed by atoms with Crippen LogP contribution in [0.5, 0.6) is 0 Å². The highest BCUT2D eigenvalue weighted by molar-refractivity contribution is 7.12. The largest absolute Gasteiger partial charge is 0.376 e. The highest BCUT2D eigenvalue weighted by atomic mass is 32.1. The van der Waals surface area contributed by atoms with Gasteiger partial charge in [0.15, 0.2) is 0 Å². The van der Waals surface area contributed by atoms with Gasteiger partial charge in [-0.25, -0.2) is 0 Å². The number of aryl methyl sites for hydroxylation is 1. The molecule has 1 saturated heterocycles. The van der Waals surface area contributed by atoms with Crippen LogP contribution in [0.4, 0.5) is 0 Å². The number of hydrogen-bond acceptors (Lipinski definition) is 5. The van der Waals surface area contributed by atoms with Crippen LogP contribution in [0.2, 0.25) is 0 Å². The van der Waals surface area contributed by atoms with E-state index in [2.05, 4.69) is 10.6 Å². The minimum Gasteiger partial charge on any atom is -0.376 e. The van der Waals surface area contributed by atoms with Gasteiger partial charge in [0.05, 0.1) is 17.5 Å². The lowest BCUT2D eigenvalue weighted by atomic mass is 10.0. The summed E-state index contributed by atoms with van der Waals surface area (Å²) in [5.74, 6) is -0.934. The molecule has 0 aliphatic carbocycles. The average molecular weight is 506 g/mol. The Bertz CT molecular complexity index is 1140. The zero-order valence-corrected chi connectivity index (χ0v) is 21.1. The summed E-state index contributed by atoms with van der Waals surface area (Å²) in [6.07, 6.45) is 1.86. The van der Waals surface area contributed by atoms with Gasteiger partial charge in [-0.3, -0.25) is 14.4 Å². The molecule has 0 saturated carbocycles. The van der Waals surface area contributed by atoms with E-state index in [4.69, 9.17) is 4.74 Å². The molecule has 8 heteroatoms. The molecule has 2 N–H and O–H groups in total. The van der Waals surface area contributed by atoms with Gasteiger partial charge in [-0.2, -0.15) is 0 Å². The van der Waals surface area contributed by atoms with Gasteiger partial charge in [-0.05, 0) is 42.3 Å². The van der Waals surface area contributed by atoms with Crippen molar-refractivity contribution < 1.29 is 19.1 Å². The molecule has 3 aromatic rings. The molecule has 2 atom stereocenters. The number of thiophene rings is 1. The summed E-state index contributed by atoms with van der Waals surface area (Å²) in [6, 6.07) is 19.8. The van der Waals surface area contributed by atoms with E-state index < -0.39 is 6.04 Å². The molecule has 4 rings (SSSR count). The molecule has 2 aromatic carbocycles. The minimum absolute atomic E-state index is 0.0169. The van der Waals surface area contributed by atoms with E-state index in [1.165, 1.54) is 11.3 Å². The maximum Gasteiger partial charge on any atom is 0.261 e. The quantitative estimate of drug-likeness (QED) is 0.438. The predicted octanol–water partition coefficient (Wildman–Crippen LogP) is 3.85. The first kappa shape index (κ1) is 25.6. The van der Waals surface area contributed by atoms with Crippen molar-refractivity contribution in [3.05, 3.63) is 93.7 Å². The lowest BCUT2D eigenvalue weighted by Crippen LogP contribution is -2.47. The Morgan fingerprint density at radius 3 is 2.47 bits per heavy atom. The number of rotatable bonds is 10. The second-order valence-electron chi connectivity index (χ2n) is 8.86. The molecule has 3 amide bonds. The number of nitrogens with one attached hydrogen (secondary N) is 2. The van der Waals surface area contributed by atoms with Crippen LogP contribution in [0.25, 0.3) is 0 Å². The van der Waals surface area contributed by atoms with Crippen LogP contribution >= 0.6 is 11.3 Å². The highest BCUT2D eigenvalue weighted by Crippen LogP contribution is 2.24. The lowest BCUT2D eigenvalue weighted by Gasteiger charge is -2.32. The first-order valence-corrected chi connectivity index (χ1v) is 13.0. The van der Waals surface area contributed by atoms with Gasteiger partial charge in [0.1, 0.15) is 6.04 Å². The third-order valence-electron chi connectivity index (χ3n) is 6.14. The Labute approximate surface area is 215 Å². The maximum atomic E-state index is 13.6. The number of nitrogens with zero attached hydrogens (tertiary/aromatic N) is 1. The van der Waals surface area contributed by atoms with Crippen molar-refractivity contribution in [1.29, 1.82) is 0 Å². The predicted molar refractivity (Wildman–Crippen MR) is 140 cm³/mol. The van der Waals surface area contributed by atoms with Gasteiger partial charge in [-0.1, -0.05) is 66.2 Å². The Morgan fingerprint density at radius 1 is 1.03 bits per heavy atom. The maximum absolute atomic E-state index is 13.6. The fourth-order valence-electron chi connectivity index (χ4n) is 4.19. The highest BCUT2D eigenvalue weighted by Gasteiger charge is 2.32. The molecule has 36 heavy (non-hydrogen) atoms. The van der Waals surface area contributed by atoms with Gasteiger partial charge in [0.2, 0.25) is 11.8 Å². The smallest absolute Gasteiger partial charge is 0.261 e. The molecule has 1 aromatic heterocycles. The van der Waals surface area contributed by atoms with Crippen molar-refractivity contribution in [2.24, 2.45) is 0 Å². The van der Waals surface area contributed by atoms with Crippen molar-refractivity contribution in [3.8, 4) is 0 Å². The number of amides is 3. The lowest BCUT2D eigenvalue weighted by molar-refractivity contribution is -0.141. The van der Waals surface area contributed by atoms with Crippen LogP contribution in [-0.4, -0.2) is 48.4 Å². The molecule has 188 valence electrons. The molecule has 2 heterocycles. The summed E-state index contributed by atoms with van der Waals surface area (Å²) in [4.78, 5) is 41.7. The van der Waals surface area contributed by atoms with Crippen LogP contribution in [0.15, 0.2) is 72.1 Å². The zero-order chi connectivity index (χ0) is 25.3. The molecular formula is C28H31N3O4S. The number of hydrogen-bond donors (Lipinski definition) is 2. The summed E-state index contributed by atoms with van der Waals surface area (Å²) in [5, 5.41) is 7.52. The molecule has 0 bridgehead atoms. The Kier molecular flexibility index (Phi) is 8.86. The molecular weight excluding hydrogens is 474 g/mol. The van der Waals surface area contributed by atoms with E-state index in [1.54, 1.807) is 17.0 Å². The topological polar surface area (TPSA) is 87.7 Å². The second kappa shape index (κ2) is 12.5. The summed E-state index contributed by atoms with van der Waals surface area (Å²) in [7, 11) is 0. The minimum atomic E-state index is -0.861. The first-order chi connectivity index (χ1) is 17.5. The number of carbonyl (C=O) groups is 3. The number of ether oxygens (including phenoxy) is 1. The number of benzene rings is 2. The van der Waals surface area contributed by atoms with E-state index in [9.17, 15) is 14.4 Å². The fraction of sp³-hybridized carbons (Fsp3) is 0.321. The van der Waals surface area contributed by atoms with Crippen LogP contribution in [0, 0.1) is 6.92 Å². The average Bonchev–Trinajstić information content (AvgIpc) is 3.62. The third-order valence-corrected chi connectivity index (χ3v) is 7.01. The fourth-order valence-corrected chi connectivity index (χ4v) is 4.83. The van der Waals surface area contributed by atoms with E-state index in [0.717, 1.165) is 24.0 Å². The van der Waals surface area contributed by atoms with Crippen LogP contribution in [0.3, 0.4) is 0 Å². The molecule has 0 radical (unpaired) electrons. The Morgan fingerprint density at radius 2 is 1.81 bits per heavy atom. The van der Waals surface area contributed by atoms with E-state index >= 15 is 0 Å². The van der Waals surface area contributed by atoms with Crippen molar-refractivity contribution in [2.45, 2.75) is 38.5 Å². The Balaban J connectivity index is 1.58. The summed E-state index contributed by atoms with van der Waals surface area (Å²) >= 11 is 1.31. The second-order valence-corrected chi connectivity index (χ2v) is 9.81. The molecule has 7 nitrogen and oxygen atoms in total. The molecule has 1 aliphatic heterocycles. The monoisotopic (exact) mass is 505 g/mol. The Hall–Kier alpha value is -3.49. The normalized spacial score (nSPS) is 15.8. The summed E-state index contributed by atoms with van der Waals surface area (Å²) < 4.78 is 5.66.